The Morgan fingerprint density at radius 1 is 1.03 bits per heavy atom. The van der Waals surface area contributed by atoms with Gasteiger partial charge in [0.05, 0.1) is 12.2 Å². The van der Waals surface area contributed by atoms with Crippen LogP contribution in [0.15, 0.2) is 65.6 Å². The molecule has 0 bridgehead atoms. The van der Waals surface area contributed by atoms with Crippen LogP contribution in [0.4, 0.5) is 0 Å². The molecule has 0 saturated carbocycles. The highest BCUT2D eigenvalue weighted by Gasteiger charge is 2.27. The first-order valence-corrected chi connectivity index (χ1v) is 11.5. The molecule has 0 N–H and O–H groups in total. The molecule has 0 atom stereocenters. The summed E-state index contributed by atoms with van der Waals surface area (Å²) < 4.78 is 7.51. The molecule has 5 rings (SSSR count). The normalized spacial score (nSPS) is 17.5. The van der Waals surface area contributed by atoms with Gasteiger partial charge in [-0.3, -0.25) is 14.7 Å². The first kappa shape index (κ1) is 20.9. The van der Waals surface area contributed by atoms with E-state index in [1.807, 2.05) is 65.3 Å². The molecule has 164 valence electrons. The van der Waals surface area contributed by atoms with Crippen molar-refractivity contribution in [2.24, 2.45) is 0 Å². The Balaban J connectivity index is 1.51. The van der Waals surface area contributed by atoms with E-state index in [1.54, 1.807) is 6.20 Å². The third-order valence-electron chi connectivity index (χ3n) is 6.54. The van der Waals surface area contributed by atoms with E-state index >= 15 is 0 Å². The third-order valence-corrected chi connectivity index (χ3v) is 6.54. The topological polar surface area (TPSA) is 47.4 Å². The summed E-state index contributed by atoms with van der Waals surface area (Å²) in [5.41, 5.74) is 5.20. The van der Waals surface area contributed by atoms with E-state index in [0.29, 0.717) is 12.6 Å². The molecule has 1 aromatic carbocycles. The highest BCUT2D eigenvalue weighted by molar-refractivity contribution is 5.69. The Hall–Kier alpha value is -3.02. The molecule has 32 heavy (non-hydrogen) atoms. The zero-order chi connectivity index (χ0) is 21.8. The van der Waals surface area contributed by atoms with E-state index in [9.17, 15) is 4.79 Å². The van der Waals surface area contributed by atoms with Crippen LogP contribution in [-0.2, 0) is 24.2 Å². The monoisotopic (exact) mass is 427 g/mol. The highest BCUT2D eigenvalue weighted by atomic mass is 16.5. The number of ether oxygens (including phenoxy) is 1. The summed E-state index contributed by atoms with van der Waals surface area (Å²) in [7, 11) is 0. The second-order valence-corrected chi connectivity index (χ2v) is 8.59. The van der Waals surface area contributed by atoms with Gasteiger partial charge in [-0.1, -0.05) is 42.5 Å². The number of fused-ring (bicyclic) bond motifs is 1. The first-order chi connectivity index (χ1) is 15.8. The standard InChI is InChI=1S/C27H29N3O2/c31-27-22(10-9-21-6-2-1-3-7-21)18-23-19-29(25-12-16-32-17-13-25)15-11-26(23)30(27)20-24-8-4-5-14-28-24/h1-10,14,18,25H,11-13,15-17,19-20H2/b10-9+. The fourth-order valence-electron chi connectivity index (χ4n) is 4.82. The maximum atomic E-state index is 13.5. The molecule has 4 heterocycles. The molecule has 0 spiro atoms. The number of pyridine rings is 2. The van der Waals surface area contributed by atoms with Gasteiger partial charge in [-0.25, -0.2) is 0 Å². The largest absolute Gasteiger partial charge is 0.381 e. The molecule has 2 aliphatic rings. The van der Waals surface area contributed by atoms with Crippen molar-refractivity contribution in [3.05, 3.63) is 99.2 Å². The second kappa shape index (κ2) is 9.63. The van der Waals surface area contributed by atoms with Crippen LogP contribution < -0.4 is 5.56 Å². The minimum absolute atomic E-state index is 0.0566. The second-order valence-electron chi connectivity index (χ2n) is 8.59. The summed E-state index contributed by atoms with van der Waals surface area (Å²) in [6.07, 6.45) is 8.83. The van der Waals surface area contributed by atoms with Gasteiger partial charge in [0.25, 0.3) is 5.56 Å². The van der Waals surface area contributed by atoms with Gasteiger partial charge in [0.1, 0.15) is 0 Å². The van der Waals surface area contributed by atoms with Gasteiger partial charge in [0.15, 0.2) is 0 Å². The Morgan fingerprint density at radius 3 is 2.62 bits per heavy atom. The summed E-state index contributed by atoms with van der Waals surface area (Å²) in [4.78, 5) is 20.6. The molecule has 2 aromatic heterocycles. The van der Waals surface area contributed by atoms with Crippen LogP contribution in [0, 0.1) is 0 Å². The van der Waals surface area contributed by atoms with Crippen LogP contribution in [0.1, 0.15) is 40.9 Å². The summed E-state index contributed by atoms with van der Waals surface area (Å²) in [5, 5.41) is 0. The van der Waals surface area contributed by atoms with Crippen LogP contribution in [0.25, 0.3) is 12.2 Å². The smallest absolute Gasteiger partial charge is 0.258 e. The highest BCUT2D eigenvalue weighted by Crippen LogP contribution is 2.25. The Bertz CT molecular complexity index is 1130. The minimum Gasteiger partial charge on any atom is -0.381 e. The fourth-order valence-corrected chi connectivity index (χ4v) is 4.82. The zero-order valence-corrected chi connectivity index (χ0v) is 18.3. The lowest BCUT2D eigenvalue weighted by molar-refractivity contribution is 0.0285. The van der Waals surface area contributed by atoms with Crippen molar-refractivity contribution >= 4 is 12.2 Å². The molecule has 3 aromatic rings. The molecular formula is C27H29N3O2. The maximum absolute atomic E-state index is 13.5. The van der Waals surface area contributed by atoms with E-state index in [0.717, 1.165) is 68.1 Å². The number of benzene rings is 1. The molecular weight excluding hydrogens is 398 g/mol. The van der Waals surface area contributed by atoms with Crippen molar-refractivity contribution in [3.63, 3.8) is 0 Å². The van der Waals surface area contributed by atoms with E-state index in [4.69, 9.17) is 4.74 Å². The molecule has 0 unspecified atom stereocenters. The van der Waals surface area contributed by atoms with Crippen molar-refractivity contribution in [1.82, 2.24) is 14.5 Å². The molecule has 5 nitrogen and oxygen atoms in total. The van der Waals surface area contributed by atoms with Crippen LogP contribution >= 0.6 is 0 Å². The number of aromatic nitrogens is 2. The Kier molecular flexibility index (Phi) is 6.28. The van der Waals surface area contributed by atoms with Crippen molar-refractivity contribution in [2.75, 3.05) is 19.8 Å². The molecule has 0 aliphatic carbocycles. The van der Waals surface area contributed by atoms with E-state index in [-0.39, 0.29) is 5.56 Å². The number of hydrogen-bond acceptors (Lipinski definition) is 4. The van der Waals surface area contributed by atoms with Crippen LogP contribution in [0.2, 0.25) is 0 Å². The van der Waals surface area contributed by atoms with Gasteiger partial charge in [-0.2, -0.15) is 0 Å². The predicted octanol–water partition coefficient (Wildman–Crippen LogP) is 4.00. The number of hydrogen-bond donors (Lipinski definition) is 0. The van der Waals surface area contributed by atoms with Crippen LogP contribution in [0.3, 0.4) is 0 Å². The van der Waals surface area contributed by atoms with Gasteiger partial charge in [0.2, 0.25) is 0 Å². The molecule has 1 saturated heterocycles. The fraction of sp³-hybridized carbons (Fsp3) is 0.333. The SMILES string of the molecule is O=c1c(/C=C/c2ccccc2)cc2c(n1Cc1ccccn1)CCN(C1CCOCC1)C2. The minimum atomic E-state index is 0.0566. The van der Waals surface area contributed by atoms with E-state index in [2.05, 4.69) is 16.0 Å². The molecule has 2 aliphatic heterocycles. The lowest BCUT2D eigenvalue weighted by Gasteiger charge is -2.38. The lowest BCUT2D eigenvalue weighted by Crippen LogP contribution is -2.44. The molecule has 0 amide bonds. The van der Waals surface area contributed by atoms with Gasteiger partial charge < -0.3 is 9.30 Å². The van der Waals surface area contributed by atoms with Gasteiger partial charge in [0, 0.05) is 56.2 Å². The van der Waals surface area contributed by atoms with Crippen molar-refractivity contribution in [1.29, 1.82) is 0 Å². The maximum Gasteiger partial charge on any atom is 0.258 e. The van der Waals surface area contributed by atoms with Crippen molar-refractivity contribution in [2.45, 2.75) is 38.4 Å². The average Bonchev–Trinajstić information content (AvgIpc) is 2.86. The lowest BCUT2D eigenvalue weighted by atomic mass is 9.98. The van der Waals surface area contributed by atoms with Gasteiger partial charge in [-0.05, 0) is 48.2 Å². The Morgan fingerprint density at radius 2 is 1.84 bits per heavy atom. The summed E-state index contributed by atoms with van der Waals surface area (Å²) >= 11 is 0. The van der Waals surface area contributed by atoms with Gasteiger partial charge >= 0.3 is 0 Å². The van der Waals surface area contributed by atoms with Crippen molar-refractivity contribution in [3.8, 4) is 0 Å². The van der Waals surface area contributed by atoms with E-state index < -0.39 is 0 Å². The quantitative estimate of drug-likeness (QED) is 0.618. The van der Waals surface area contributed by atoms with Crippen LogP contribution in [0.5, 0.6) is 0 Å². The van der Waals surface area contributed by atoms with E-state index in [1.165, 1.54) is 5.56 Å². The summed E-state index contributed by atoms with van der Waals surface area (Å²) in [5.74, 6) is 0. The predicted molar refractivity (Wildman–Crippen MR) is 127 cm³/mol. The zero-order valence-electron chi connectivity index (χ0n) is 18.3. The summed E-state index contributed by atoms with van der Waals surface area (Å²) in [6.45, 7) is 4.07. The van der Waals surface area contributed by atoms with Crippen LogP contribution in [-0.4, -0.2) is 40.3 Å². The number of rotatable bonds is 5. The first-order valence-electron chi connectivity index (χ1n) is 11.5. The molecule has 0 radical (unpaired) electrons. The summed E-state index contributed by atoms with van der Waals surface area (Å²) in [6, 6.07) is 18.7. The average molecular weight is 428 g/mol. The Labute approximate surface area is 189 Å². The van der Waals surface area contributed by atoms with Gasteiger partial charge in [-0.15, -0.1) is 0 Å². The molecule has 1 fully saturated rings. The third kappa shape index (κ3) is 4.59. The molecule has 5 heteroatoms. The number of nitrogens with zero attached hydrogens (tertiary/aromatic N) is 3. The van der Waals surface area contributed by atoms with Crippen molar-refractivity contribution < 1.29 is 4.74 Å².